The van der Waals surface area contributed by atoms with Crippen molar-refractivity contribution in [3.63, 3.8) is 0 Å². The van der Waals surface area contributed by atoms with Crippen LogP contribution in [-0.2, 0) is 14.8 Å². The zero-order valence-corrected chi connectivity index (χ0v) is 19.9. The number of benzene rings is 2. The monoisotopic (exact) mass is 509 g/mol. The Kier molecular flexibility index (Phi) is 7.10. The average Bonchev–Trinajstić information content (AvgIpc) is 2.73. The summed E-state index contributed by atoms with van der Waals surface area (Å²) in [5, 5.41) is 14.0. The highest BCUT2D eigenvalue weighted by atomic mass is 35.5. The van der Waals surface area contributed by atoms with Gasteiger partial charge in [0.1, 0.15) is 12.4 Å². The molecule has 9 nitrogen and oxygen atoms in total. The molecule has 0 aliphatic rings. The number of hydrogen-bond acceptors (Lipinski definition) is 7. The van der Waals surface area contributed by atoms with Crippen LogP contribution in [0.4, 0.5) is 4.39 Å². The van der Waals surface area contributed by atoms with Crippen LogP contribution in [0.2, 0.25) is 5.02 Å². The largest absolute Gasteiger partial charge is 0.484 e. The molecule has 0 unspecified atom stereocenters. The van der Waals surface area contributed by atoms with Gasteiger partial charge in [0.05, 0.1) is 27.4 Å². The number of aliphatic hydroxyl groups is 1. The maximum absolute atomic E-state index is 13.6. The van der Waals surface area contributed by atoms with Crippen LogP contribution in [0.5, 0.6) is 5.75 Å². The number of rotatable bonds is 7. The van der Waals surface area contributed by atoms with E-state index in [4.69, 9.17) is 16.3 Å². The number of nitrogens with zero attached hydrogens (tertiary/aromatic N) is 2. The predicted octanol–water partition coefficient (Wildman–Crippen LogP) is 2.67. The van der Waals surface area contributed by atoms with Gasteiger partial charge in [-0.25, -0.2) is 17.5 Å². The highest BCUT2D eigenvalue weighted by molar-refractivity contribution is 7.90. The van der Waals surface area contributed by atoms with Gasteiger partial charge in [-0.15, -0.1) is 0 Å². The predicted molar refractivity (Wildman–Crippen MR) is 123 cm³/mol. The molecule has 0 saturated carbocycles. The molecule has 2 N–H and O–H groups in total. The third-order valence-corrected chi connectivity index (χ3v) is 6.14. The first kappa shape index (κ1) is 25.3. The van der Waals surface area contributed by atoms with E-state index in [2.05, 4.69) is 5.10 Å². The molecule has 1 heterocycles. The van der Waals surface area contributed by atoms with Crippen molar-refractivity contribution in [2.24, 2.45) is 0 Å². The molecule has 0 fully saturated rings. The molecular weight excluding hydrogens is 489 g/mol. The number of nitrogens with one attached hydrogen (secondary N) is 1. The molecule has 12 heteroatoms. The number of hydrogen-bond donors (Lipinski definition) is 2. The van der Waals surface area contributed by atoms with Crippen molar-refractivity contribution in [1.82, 2.24) is 14.5 Å². The van der Waals surface area contributed by atoms with Crippen LogP contribution < -0.4 is 15.0 Å². The Balaban J connectivity index is 2.11. The lowest BCUT2D eigenvalue weighted by atomic mass is 10.1. The van der Waals surface area contributed by atoms with E-state index in [1.807, 2.05) is 4.72 Å². The molecular formula is C22H21ClFN3O6S. The highest BCUT2D eigenvalue weighted by Crippen LogP contribution is 2.29. The molecule has 3 rings (SSSR count). The van der Waals surface area contributed by atoms with Gasteiger partial charge in [-0.1, -0.05) is 23.7 Å². The first-order chi connectivity index (χ1) is 15.8. The summed E-state index contributed by atoms with van der Waals surface area (Å²) in [5.74, 6) is -1.57. The van der Waals surface area contributed by atoms with Gasteiger partial charge in [-0.2, -0.15) is 9.78 Å². The Bertz CT molecular complexity index is 1400. The third kappa shape index (κ3) is 5.79. The van der Waals surface area contributed by atoms with Crippen LogP contribution in [0.25, 0.3) is 16.8 Å². The van der Waals surface area contributed by atoms with E-state index >= 15 is 0 Å². The van der Waals surface area contributed by atoms with Gasteiger partial charge in [0.15, 0.2) is 5.75 Å². The minimum atomic E-state index is -4.05. The lowest BCUT2D eigenvalue weighted by Crippen LogP contribution is -2.31. The molecule has 2 aromatic carbocycles. The van der Waals surface area contributed by atoms with Crippen molar-refractivity contribution in [2.45, 2.75) is 31.3 Å². The fraction of sp³-hybridized carbons (Fsp3) is 0.227. The second-order valence-electron chi connectivity index (χ2n) is 7.99. The van der Waals surface area contributed by atoms with Crippen molar-refractivity contribution in [1.29, 1.82) is 0 Å². The summed E-state index contributed by atoms with van der Waals surface area (Å²) < 4.78 is 46.4. The molecule has 0 aliphatic heterocycles. The third-order valence-electron chi connectivity index (χ3n) is 4.40. The normalized spacial score (nSPS) is 11.8. The van der Waals surface area contributed by atoms with E-state index < -0.39 is 32.9 Å². The van der Waals surface area contributed by atoms with Gasteiger partial charge < -0.3 is 9.84 Å². The Hall–Kier alpha value is -3.28. The smallest absolute Gasteiger partial charge is 0.314 e. The molecule has 0 atom stereocenters. The molecule has 0 bridgehead atoms. The molecule has 3 aromatic rings. The maximum atomic E-state index is 13.6. The van der Waals surface area contributed by atoms with Gasteiger partial charge in [0, 0.05) is 12.5 Å². The molecule has 0 aliphatic carbocycles. The lowest BCUT2D eigenvalue weighted by Gasteiger charge is -2.19. The average molecular weight is 510 g/mol. The standard InChI is InChI=1S/C22H21ClFN3O6S/c1-13(28)26-34(31,32)16-7-4-14(5-8-16)17-11-25-27(15-6-9-19(24)18(23)10-15)21(29)20(17)33-12-22(2,3)30/h4-11,30H,12H2,1-3H3,(H,26,28). The fourth-order valence-corrected chi connectivity index (χ4v) is 4.06. The maximum Gasteiger partial charge on any atom is 0.314 e. The number of halogens is 2. The van der Waals surface area contributed by atoms with Crippen molar-refractivity contribution >= 4 is 27.5 Å². The fourth-order valence-electron chi connectivity index (χ4n) is 2.89. The molecule has 0 saturated heterocycles. The molecule has 1 aromatic heterocycles. The first-order valence-electron chi connectivity index (χ1n) is 9.85. The minimum absolute atomic E-state index is 0.160. The second kappa shape index (κ2) is 9.53. The zero-order chi connectivity index (χ0) is 25.3. The molecule has 180 valence electrons. The van der Waals surface area contributed by atoms with E-state index in [9.17, 15) is 27.5 Å². The molecule has 1 amide bonds. The SMILES string of the molecule is CC(=O)NS(=O)(=O)c1ccc(-c2cnn(-c3ccc(F)c(Cl)c3)c(=O)c2OCC(C)(C)O)cc1. The van der Waals surface area contributed by atoms with Gasteiger partial charge in [-0.3, -0.25) is 9.59 Å². The Morgan fingerprint density at radius 1 is 1.24 bits per heavy atom. The number of ether oxygens (including phenoxy) is 1. The number of carbonyl (C=O) groups excluding carboxylic acids is 1. The number of sulfonamides is 1. The highest BCUT2D eigenvalue weighted by Gasteiger charge is 2.21. The summed E-state index contributed by atoms with van der Waals surface area (Å²) in [6.07, 6.45) is 1.32. The van der Waals surface area contributed by atoms with Crippen LogP contribution >= 0.6 is 11.6 Å². The van der Waals surface area contributed by atoms with Crippen LogP contribution in [0, 0.1) is 5.82 Å². The van der Waals surface area contributed by atoms with E-state index in [0.29, 0.717) is 5.56 Å². The van der Waals surface area contributed by atoms with Crippen LogP contribution in [-0.4, -0.2) is 41.4 Å². The van der Waals surface area contributed by atoms with Gasteiger partial charge in [0.25, 0.3) is 10.0 Å². The van der Waals surface area contributed by atoms with Gasteiger partial charge >= 0.3 is 5.56 Å². The number of amides is 1. The van der Waals surface area contributed by atoms with Crippen LogP contribution in [0.15, 0.2) is 58.4 Å². The summed E-state index contributed by atoms with van der Waals surface area (Å²) in [4.78, 5) is 24.2. The number of carbonyl (C=O) groups is 1. The van der Waals surface area contributed by atoms with E-state index in [-0.39, 0.29) is 33.5 Å². The first-order valence-corrected chi connectivity index (χ1v) is 11.7. The van der Waals surface area contributed by atoms with Gasteiger partial charge in [0.2, 0.25) is 5.91 Å². The van der Waals surface area contributed by atoms with Crippen molar-refractivity contribution in [3.05, 3.63) is 69.9 Å². The van der Waals surface area contributed by atoms with Crippen LogP contribution in [0.3, 0.4) is 0 Å². The Morgan fingerprint density at radius 2 is 1.88 bits per heavy atom. The molecule has 0 radical (unpaired) electrons. The van der Waals surface area contributed by atoms with Crippen LogP contribution in [0.1, 0.15) is 20.8 Å². The van der Waals surface area contributed by atoms with Crippen molar-refractivity contribution < 1.29 is 27.4 Å². The van der Waals surface area contributed by atoms with E-state index in [1.54, 1.807) is 0 Å². The van der Waals surface area contributed by atoms with Crippen molar-refractivity contribution in [3.8, 4) is 22.6 Å². The quantitative estimate of drug-likeness (QED) is 0.501. The summed E-state index contributed by atoms with van der Waals surface area (Å²) in [6, 6.07) is 8.98. The lowest BCUT2D eigenvalue weighted by molar-refractivity contribution is -0.117. The zero-order valence-electron chi connectivity index (χ0n) is 18.4. The summed E-state index contributed by atoms with van der Waals surface area (Å²) in [6.45, 7) is 3.83. The summed E-state index contributed by atoms with van der Waals surface area (Å²) in [5.41, 5.74) is -1.18. The summed E-state index contributed by atoms with van der Waals surface area (Å²) in [7, 11) is -4.05. The number of aromatic nitrogens is 2. The molecule has 34 heavy (non-hydrogen) atoms. The summed E-state index contributed by atoms with van der Waals surface area (Å²) >= 11 is 5.83. The van der Waals surface area contributed by atoms with Gasteiger partial charge in [-0.05, 0) is 49.7 Å². The Labute approximate surface area is 199 Å². The minimum Gasteiger partial charge on any atom is -0.484 e. The van der Waals surface area contributed by atoms with Crippen molar-refractivity contribution in [2.75, 3.05) is 6.61 Å². The molecule has 0 spiro atoms. The topological polar surface area (TPSA) is 128 Å². The van der Waals surface area contributed by atoms with E-state index in [0.717, 1.165) is 17.7 Å². The Morgan fingerprint density at radius 3 is 2.44 bits per heavy atom. The van der Waals surface area contributed by atoms with E-state index in [1.165, 1.54) is 56.4 Å². The second-order valence-corrected chi connectivity index (χ2v) is 10.1.